The number of nitrogens with zero attached hydrogens (tertiary/aromatic N) is 4. The minimum Gasteiger partial charge on any atom is -0.278 e. The molecular weight excluding hydrogens is 560 g/mol. The van der Waals surface area contributed by atoms with Crippen LogP contribution in [0, 0.1) is 0 Å². The van der Waals surface area contributed by atoms with E-state index in [0.717, 1.165) is 0 Å². The van der Waals surface area contributed by atoms with Crippen molar-refractivity contribution in [1.82, 2.24) is 19.5 Å². The molecule has 0 spiro atoms. The van der Waals surface area contributed by atoms with E-state index in [1.165, 1.54) is 0 Å². The zero-order valence-corrected chi connectivity index (χ0v) is 22.8. The van der Waals surface area contributed by atoms with Crippen molar-refractivity contribution in [2.45, 2.75) is 19.1 Å². The molecule has 0 fully saturated rings. The van der Waals surface area contributed by atoms with Crippen molar-refractivity contribution < 1.29 is 41.1 Å². The standard InChI is InChI=1S/C42H30N4/c1-42(2)35-19-11-9-17-31(35)33-25-34-32-18-10-12-20-37(32)46(38(34)26-36(33)42)41-44-39(29-15-7-4-8-16-29)43-40(45-41)30-23-21-28(22-24-30)27-13-5-3-6-14-27/h3-26H,1-2H3/i1D3,2D3,3D,4D,5D,6D,7D,8D,9D,10D,11D,12D,13D,14D,15D,16D,17D,18D,19D,20D,21D,22D,23D,24D,25D,26D. The summed E-state index contributed by atoms with van der Waals surface area (Å²) >= 11 is 0. The molecule has 0 radical (unpaired) electrons. The van der Waals surface area contributed by atoms with E-state index >= 15 is 0 Å². The van der Waals surface area contributed by atoms with Crippen LogP contribution >= 0.6 is 0 Å². The quantitative estimate of drug-likeness (QED) is 0.197. The molecule has 0 amide bonds. The minimum absolute atomic E-state index is 0.590. The maximum atomic E-state index is 10.0. The summed E-state index contributed by atoms with van der Waals surface area (Å²) in [7, 11) is 0. The van der Waals surface area contributed by atoms with Gasteiger partial charge in [0.05, 0.1) is 43.9 Å². The van der Waals surface area contributed by atoms with Gasteiger partial charge < -0.3 is 0 Å². The zero-order chi connectivity index (χ0) is 56.7. The molecule has 8 aromatic rings. The molecule has 4 nitrogen and oxygen atoms in total. The first kappa shape index (κ1) is 10.1. The Morgan fingerprint density at radius 3 is 1.83 bits per heavy atom. The summed E-state index contributed by atoms with van der Waals surface area (Å²) in [6, 6.07) is -24.2. The molecule has 0 aliphatic heterocycles. The highest BCUT2D eigenvalue weighted by Crippen LogP contribution is 2.50. The van der Waals surface area contributed by atoms with Crippen LogP contribution in [0.2, 0.25) is 0 Å². The van der Waals surface area contributed by atoms with Crippen LogP contribution in [0.15, 0.2) is 145 Å². The minimum atomic E-state index is -3.89. The van der Waals surface area contributed by atoms with Gasteiger partial charge in [0.2, 0.25) is 5.95 Å². The van der Waals surface area contributed by atoms with Crippen LogP contribution < -0.4 is 0 Å². The number of rotatable bonds is 4. The van der Waals surface area contributed by atoms with Gasteiger partial charge in [0.15, 0.2) is 11.6 Å². The second-order valence-electron chi connectivity index (χ2n) is 9.82. The Morgan fingerprint density at radius 1 is 0.500 bits per heavy atom. The highest BCUT2D eigenvalue weighted by atomic mass is 15.2. The number of aromatic nitrogens is 4. The van der Waals surface area contributed by atoms with Gasteiger partial charge in [-0.05, 0) is 51.5 Å². The summed E-state index contributed by atoms with van der Waals surface area (Å²) in [5, 5.41) is -1.39. The van der Waals surface area contributed by atoms with Gasteiger partial charge in [0.1, 0.15) is 0 Å². The van der Waals surface area contributed by atoms with Crippen LogP contribution in [0.25, 0.3) is 72.8 Å². The fourth-order valence-corrected chi connectivity index (χ4v) is 5.15. The van der Waals surface area contributed by atoms with Gasteiger partial charge in [0, 0.05) is 35.5 Å². The van der Waals surface area contributed by atoms with Gasteiger partial charge >= 0.3 is 0 Å². The second kappa shape index (κ2) is 10.1. The van der Waals surface area contributed by atoms with Gasteiger partial charge in [0.25, 0.3) is 0 Å². The maximum absolute atomic E-state index is 10.0. The molecule has 4 heteroatoms. The molecule has 0 saturated carbocycles. The predicted molar refractivity (Wildman–Crippen MR) is 188 cm³/mol. The molecule has 2 aromatic heterocycles. The summed E-state index contributed by atoms with van der Waals surface area (Å²) in [4.78, 5) is 13.0. The Hall–Kier alpha value is -5.87. The molecule has 0 bridgehead atoms. The lowest BCUT2D eigenvalue weighted by Gasteiger charge is -2.21. The lowest BCUT2D eigenvalue weighted by Crippen LogP contribution is -2.15. The number of para-hydroxylation sites is 1. The first-order valence-electron chi connectivity index (χ1n) is 28.3. The molecular formula is C42H30N4. The summed E-state index contributed by atoms with van der Waals surface area (Å²) in [6.07, 6.45) is 0. The Morgan fingerprint density at radius 2 is 1.09 bits per heavy atom. The van der Waals surface area contributed by atoms with Crippen molar-refractivity contribution in [2.24, 2.45) is 0 Å². The first-order valence-corrected chi connectivity index (χ1v) is 13.3. The summed E-state index contributed by atoms with van der Waals surface area (Å²) in [5.74, 6) is -3.01. The average Bonchev–Trinajstić information content (AvgIpc) is 3.93. The molecule has 2 heterocycles. The van der Waals surface area contributed by atoms with Crippen molar-refractivity contribution in [1.29, 1.82) is 0 Å². The molecule has 6 aromatic carbocycles. The van der Waals surface area contributed by atoms with Crippen molar-refractivity contribution in [2.75, 3.05) is 0 Å². The Kier molecular flexibility index (Phi) is 2.21. The molecule has 0 N–H and O–H groups in total. The third kappa shape index (κ3) is 4.04. The molecule has 0 atom stereocenters. The Bertz CT molecular complexity index is 3920. The number of benzene rings is 6. The highest BCUT2D eigenvalue weighted by molar-refractivity contribution is 6.11. The fourth-order valence-electron chi connectivity index (χ4n) is 5.15. The van der Waals surface area contributed by atoms with E-state index in [1.54, 1.807) is 0 Å². The van der Waals surface area contributed by atoms with Crippen LogP contribution in [-0.2, 0) is 5.41 Å². The van der Waals surface area contributed by atoms with E-state index in [2.05, 4.69) is 15.0 Å². The van der Waals surface area contributed by atoms with Crippen molar-refractivity contribution in [3.8, 4) is 51.0 Å². The summed E-state index contributed by atoms with van der Waals surface area (Å²) in [5.41, 5.74) is -12.4. The number of hydrogen-bond donors (Lipinski definition) is 0. The van der Waals surface area contributed by atoms with Crippen molar-refractivity contribution in [3.63, 3.8) is 0 Å². The summed E-state index contributed by atoms with van der Waals surface area (Å²) < 4.78 is 266. The maximum Gasteiger partial charge on any atom is 0.238 e. The second-order valence-corrected chi connectivity index (χ2v) is 9.82. The smallest absolute Gasteiger partial charge is 0.238 e. The number of fused-ring (bicyclic) bond motifs is 6. The van der Waals surface area contributed by atoms with E-state index < -0.39 is 248 Å². The Labute approximate surface area is 309 Å². The van der Waals surface area contributed by atoms with E-state index in [4.69, 9.17) is 32.9 Å². The van der Waals surface area contributed by atoms with Gasteiger partial charge in [-0.15, -0.1) is 0 Å². The van der Waals surface area contributed by atoms with Gasteiger partial charge in [-0.2, -0.15) is 9.97 Å². The Balaban J connectivity index is 1.55. The lowest BCUT2D eigenvalue weighted by molar-refractivity contribution is 0.661. The molecule has 0 saturated heterocycles. The first-order chi connectivity index (χ1) is 35.0. The lowest BCUT2D eigenvalue weighted by atomic mass is 9.82. The monoisotopic (exact) mass is 620 g/mol. The average molecular weight is 621 g/mol. The van der Waals surface area contributed by atoms with Crippen LogP contribution in [0.4, 0.5) is 0 Å². The van der Waals surface area contributed by atoms with Gasteiger partial charge in [-0.25, -0.2) is 4.98 Å². The van der Waals surface area contributed by atoms with Crippen LogP contribution in [-0.4, -0.2) is 19.5 Å². The number of hydrogen-bond acceptors (Lipinski definition) is 3. The third-order valence-corrected chi connectivity index (χ3v) is 7.18. The van der Waals surface area contributed by atoms with Gasteiger partial charge in [-0.1, -0.05) is 141 Å². The molecule has 0 unspecified atom stereocenters. The van der Waals surface area contributed by atoms with E-state index in [0.29, 0.717) is 4.57 Å². The van der Waals surface area contributed by atoms with Gasteiger partial charge in [-0.3, -0.25) is 4.57 Å². The van der Waals surface area contributed by atoms with Crippen molar-refractivity contribution in [3.05, 3.63) is 156 Å². The summed E-state index contributed by atoms with van der Waals surface area (Å²) in [6.45, 7) is -7.78. The molecule has 1 aliphatic rings. The normalized spacial score (nSPS) is 23.0. The van der Waals surface area contributed by atoms with E-state index in [1.807, 2.05) is 0 Å². The topological polar surface area (TPSA) is 43.6 Å². The molecule has 9 rings (SSSR count). The van der Waals surface area contributed by atoms with Crippen LogP contribution in [0.1, 0.15) is 66.0 Å². The third-order valence-electron chi connectivity index (χ3n) is 7.18. The van der Waals surface area contributed by atoms with Crippen molar-refractivity contribution >= 4 is 21.8 Å². The van der Waals surface area contributed by atoms with E-state index in [-0.39, 0.29) is 0 Å². The van der Waals surface area contributed by atoms with Crippen LogP contribution in [0.3, 0.4) is 0 Å². The molecule has 218 valence electrons. The molecule has 46 heavy (non-hydrogen) atoms. The fraction of sp³-hybridized carbons (Fsp3) is 0.0714. The van der Waals surface area contributed by atoms with E-state index in [9.17, 15) is 8.22 Å². The molecule has 1 aliphatic carbocycles. The highest BCUT2D eigenvalue weighted by Gasteiger charge is 2.36. The van der Waals surface area contributed by atoms with Crippen LogP contribution in [0.5, 0.6) is 0 Å². The largest absolute Gasteiger partial charge is 0.278 e. The predicted octanol–water partition coefficient (Wildman–Crippen LogP) is 10.3. The zero-order valence-electron chi connectivity index (χ0n) is 52.8. The SMILES string of the molecule is [2H]c1c([2H])c([2H])c(-c2nc(-c3c([2H])c([2H])c(-c4c([2H])c([2H])c([2H])c([2H])c4[2H])c([2H])c3[2H])nc(-n3c4c([2H])c([2H])c([2H])c([2H])c4c4c([2H])c5c(c([2H])c43)C(C([2H])([2H])[2H])(C([2H])([2H])[2H])c3c([2H])c([2H])c([2H])c([2H])c3-5)n2)c([2H])c1[2H].